The van der Waals surface area contributed by atoms with E-state index in [-0.39, 0.29) is 6.29 Å². The Balaban J connectivity index is 2.01. The van der Waals surface area contributed by atoms with E-state index in [4.69, 9.17) is 5.26 Å². The topological polar surface area (TPSA) is 38.7 Å². The molecule has 0 amide bonds. The van der Waals surface area contributed by atoms with Crippen molar-refractivity contribution in [2.45, 2.75) is 12.7 Å². The van der Waals surface area contributed by atoms with Gasteiger partial charge in [-0.3, -0.25) is 0 Å². The summed E-state index contributed by atoms with van der Waals surface area (Å²) in [5.41, 5.74) is 0. The van der Waals surface area contributed by atoms with E-state index in [2.05, 4.69) is 9.62 Å². The van der Waals surface area contributed by atoms with E-state index in [9.17, 15) is 0 Å². The van der Waals surface area contributed by atoms with Crippen LogP contribution in [0.3, 0.4) is 0 Å². The van der Waals surface area contributed by atoms with Gasteiger partial charge in [-0.05, 0) is 0 Å². The van der Waals surface area contributed by atoms with E-state index in [1.54, 1.807) is 0 Å². The summed E-state index contributed by atoms with van der Waals surface area (Å²) in [5, 5.41) is 7.76. The summed E-state index contributed by atoms with van der Waals surface area (Å²) in [6.45, 7) is 0.714. The fraction of sp³-hybridized carbons (Fsp3) is 1.00. The molecule has 1 unspecified atom stereocenters. The van der Waals surface area contributed by atoms with Crippen molar-refractivity contribution in [3.8, 4) is 0 Å². The molecule has 3 heteroatoms. The van der Waals surface area contributed by atoms with Crippen molar-refractivity contribution in [2.24, 2.45) is 0 Å². The number of ether oxygens (including phenoxy) is 1. The summed E-state index contributed by atoms with van der Waals surface area (Å²) in [6, 6.07) is 0. The third kappa shape index (κ3) is 0.518. The quantitative estimate of drug-likeness (QED) is 0.370. The molecule has 3 nitrogen and oxygen atoms in total. The summed E-state index contributed by atoms with van der Waals surface area (Å²) in [5.74, 6) is 0. The molecule has 0 aliphatic carbocycles. The van der Waals surface area contributed by atoms with Gasteiger partial charge in [-0.25, -0.2) is 10.1 Å². The lowest BCUT2D eigenvalue weighted by Crippen LogP contribution is -2.28. The van der Waals surface area contributed by atoms with Gasteiger partial charge in [0.25, 0.3) is 0 Å². The van der Waals surface area contributed by atoms with Crippen LogP contribution in [0.15, 0.2) is 0 Å². The summed E-state index contributed by atoms with van der Waals surface area (Å²) in [4.78, 5) is 3.76. The number of hydrogen-bond donors (Lipinski definition) is 1. The normalized spacial score (nSPS) is 32.5. The minimum atomic E-state index is -0.329. The average molecular weight is 90.1 g/mol. The van der Waals surface area contributed by atoms with Crippen LogP contribution in [0, 0.1) is 0 Å². The van der Waals surface area contributed by atoms with E-state index in [0.717, 1.165) is 6.42 Å². The molecule has 0 aromatic carbocycles. The predicted molar refractivity (Wildman–Crippen MR) is 18.1 cm³/mol. The van der Waals surface area contributed by atoms with Crippen molar-refractivity contribution < 1.29 is 14.9 Å². The van der Waals surface area contributed by atoms with Gasteiger partial charge in [-0.2, -0.15) is 0 Å². The third-order valence-electron chi connectivity index (χ3n) is 0.775. The molecule has 0 spiro atoms. The lowest BCUT2D eigenvalue weighted by molar-refractivity contribution is -0.379. The van der Waals surface area contributed by atoms with Gasteiger partial charge < -0.3 is 4.74 Å². The van der Waals surface area contributed by atoms with E-state index >= 15 is 0 Å². The molecule has 1 fully saturated rings. The first kappa shape index (κ1) is 4.05. The molecule has 36 valence electrons. The fourth-order valence-corrected chi connectivity index (χ4v) is 0.297. The second kappa shape index (κ2) is 1.55. The van der Waals surface area contributed by atoms with Gasteiger partial charge in [0.2, 0.25) is 0 Å². The van der Waals surface area contributed by atoms with Gasteiger partial charge in [-0.1, -0.05) is 0 Å². The average Bonchev–Trinajstić information content (AvgIpc) is 1.31. The number of rotatable bonds is 1. The molecule has 0 saturated carbocycles. The predicted octanol–water partition coefficient (Wildman–Crippen LogP) is 0.222. The maximum atomic E-state index is 7.76. The highest BCUT2D eigenvalue weighted by Crippen LogP contribution is 2.09. The van der Waals surface area contributed by atoms with Crippen LogP contribution >= 0.6 is 0 Å². The highest BCUT2D eigenvalue weighted by Gasteiger charge is 2.17. The van der Waals surface area contributed by atoms with Crippen LogP contribution in [0.4, 0.5) is 0 Å². The minimum absolute atomic E-state index is 0.329. The Hall–Kier alpha value is -0.120. The van der Waals surface area contributed by atoms with E-state index in [0.29, 0.717) is 6.61 Å². The van der Waals surface area contributed by atoms with Crippen LogP contribution in [-0.4, -0.2) is 18.2 Å². The minimum Gasteiger partial charge on any atom is -0.349 e. The maximum Gasteiger partial charge on any atom is 0.193 e. The van der Waals surface area contributed by atoms with Gasteiger partial charge in [0.05, 0.1) is 6.61 Å². The standard InChI is InChI=1S/C3H6O3/c4-6-3-1-2-5-3/h3-4H,1-2H2. The van der Waals surface area contributed by atoms with Crippen molar-refractivity contribution in [3.63, 3.8) is 0 Å². The molecule has 1 aliphatic heterocycles. The molecule has 1 rings (SSSR count). The second-order valence-electron chi connectivity index (χ2n) is 1.19. The highest BCUT2D eigenvalue weighted by atomic mass is 17.1. The molecule has 0 radical (unpaired) electrons. The van der Waals surface area contributed by atoms with Gasteiger partial charge in [-0.15, -0.1) is 0 Å². The zero-order valence-corrected chi connectivity index (χ0v) is 3.26. The molecule has 0 bridgehead atoms. The van der Waals surface area contributed by atoms with Crippen molar-refractivity contribution in [2.75, 3.05) is 6.61 Å². The molecule has 1 N–H and O–H groups in total. The molecule has 1 aliphatic rings. The van der Waals surface area contributed by atoms with Crippen LogP contribution in [0.25, 0.3) is 0 Å². The van der Waals surface area contributed by atoms with Gasteiger partial charge in [0, 0.05) is 6.42 Å². The Morgan fingerprint density at radius 1 is 1.83 bits per heavy atom. The first-order valence-electron chi connectivity index (χ1n) is 1.85. The number of hydrogen-bond acceptors (Lipinski definition) is 3. The summed E-state index contributed by atoms with van der Waals surface area (Å²) < 4.78 is 4.61. The Labute approximate surface area is 35.4 Å². The van der Waals surface area contributed by atoms with Crippen LogP contribution < -0.4 is 0 Å². The van der Waals surface area contributed by atoms with E-state index in [1.165, 1.54) is 0 Å². The Bertz CT molecular complexity index is 38.5. The van der Waals surface area contributed by atoms with Gasteiger partial charge in [0.1, 0.15) is 0 Å². The summed E-state index contributed by atoms with van der Waals surface area (Å²) in [6.07, 6.45) is 0.487. The zero-order valence-electron chi connectivity index (χ0n) is 3.26. The molecular weight excluding hydrogens is 84.0 g/mol. The first-order valence-corrected chi connectivity index (χ1v) is 1.85. The van der Waals surface area contributed by atoms with Crippen molar-refractivity contribution in [1.29, 1.82) is 0 Å². The molecule has 6 heavy (non-hydrogen) atoms. The molecular formula is C3H6O3. The van der Waals surface area contributed by atoms with Crippen LogP contribution in [-0.2, 0) is 9.62 Å². The molecule has 0 aromatic heterocycles. The smallest absolute Gasteiger partial charge is 0.193 e. The molecule has 1 heterocycles. The SMILES string of the molecule is OOC1CCO1. The van der Waals surface area contributed by atoms with Crippen LogP contribution in [0.1, 0.15) is 6.42 Å². The molecule has 1 saturated heterocycles. The van der Waals surface area contributed by atoms with Crippen molar-refractivity contribution >= 4 is 0 Å². The second-order valence-corrected chi connectivity index (χ2v) is 1.19. The van der Waals surface area contributed by atoms with E-state index < -0.39 is 0 Å². The maximum absolute atomic E-state index is 7.76. The highest BCUT2D eigenvalue weighted by molar-refractivity contribution is 4.50. The van der Waals surface area contributed by atoms with Crippen LogP contribution in [0.5, 0.6) is 0 Å². The monoisotopic (exact) mass is 90.0 g/mol. The van der Waals surface area contributed by atoms with Crippen LogP contribution in [0.2, 0.25) is 0 Å². The van der Waals surface area contributed by atoms with E-state index in [1.807, 2.05) is 0 Å². The van der Waals surface area contributed by atoms with Gasteiger partial charge in [0.15, 0.2) is 6.29 Å². The Kier molecular flexibility index (Phi) is 1.05. The lowest BCUT2D eigenvalue weighted by atomic mass is 10.4. The molecule has 1 atom stereocenters. The summed E-state index contributed by atoms with van der Waals surface area (Å²) in [7, 11) is 0. The first-order chi connectivity index (χ1) is 2.93. The van der Waals surface area contributed by atoms with Gasteiger partial charge >= 0.3 is 0 Å². The Morgan fingerprint density at radius 3 is 2.50 bits per heavy atom. The third-order valence-corrected chi connectivity index (χ3v) is 0.775. The van der Waals surface area contributed by atoms with Crippen molar-refractivity contribution in [1.82, 2.24) is 0 Å². The summed E-state index contributed by atoms with van der Waals surface area (Å²) >= 11 is 0. The lowest BCUT2D eigenvalue weighted by Gasteiger charge is -2.21. The largest absolute Gasteiger partial charge is 0.349 e. The molecule has 0 aromatic rings. The zero-order chi connectivity index (χ0) is 4.41. The Morgan fingerprint density at radius 2 is 2.50 bits per heavy atom. The van der Waals surface area contributed by atoms with Crippen molar-refractivity contribution in [3.05, 3.63) is 0 Å². The fourth-order valence-electron chi connectivity index (χ4n) is 0.297.